The molecule has 1 saturated carbocycles. The quantitative estimate of drug-likeness (QED) is 0.319. The van der Waals surface area contributed by atoms with E-state index in [1.54, 1.807) is 6.92 Å². The van der Waals surface area contributed by atoms with Gasteiger partial charge in [0.15, 0.2) is 0 Å². The number of carbonyl (C=O) groups is 1. The number of carbonyl (C=O) groups excluding carboxylic acids is 1. The second-order valence-corrected chi connectivity index (χ2v) is 5.58. The molecule has 0 amide bonds. The topological polar surface area (TPSA) is 78.7 Å². The summed E-state index contributed by atoms with van der Waals surface area (Å²) in [5, 5.41) is 11.4. The van der Waals surface area contributed by atoms with Crippen molar-refractivity contribution in [1.29, 1.82) is 0 Å². The first-order valence-corrected chi connectivity index (χ1v) is 6.63. The maximum Gasteiger partial charge on any atom is 0.222 e. The first kappa shape index (κ1) is 16.0. The molecule has 0 heterocycles. The fraction of sp³-hybridized carbons (Fsp3) is 0.923. The van der Waals surface area contributed by atoms with Crippen LogP contribution in [-0.4, -0.2) is 37.3 Å². The lowest BCUT2D eigenvalue weighted by atomic mass is 9.67. The molecule has 1 aliphatic rings. The highest BCUT2D eigenvalue weighted by Crippen LogP contribution is 2.37. The molecule has 110 valence electrons. The minimum Gasteiger partial charge on any atom is -0.359 e. The SMILES string of the molecule is COCOC[C@@H]1[C@H]([N+](=O)[O-])[C@@H](C(C)C)CC(=O)[C@@H]1C. The van der Waals surface area contributed by atoms with Gasteiger partial charge in [-0.05, 0) is 5.92 Å². The van der Waals surface area contributed by atoms with Gasteiger partial charge >= 0.3 is 0 Å². The smallest absolute Gasteiger partial charge is 0.222 e. The molecule has 0 N–H and O–H groups in total. The van der Waals surface area contributed by atoms with Gasteiger partial charge in [-0.3, -0.25) is 14.9 Å². The van der Waals surface area contributed by atoms with E-state index in [2.05, 4.69) is 0 Å². The Bertz CT molecular complexity index is 331. The molecule has 1 fully saturated rings. The van der Waals surface area contributed by atoms with E-state index in [1.807, 2.05) is 13.8 Å². The Hall–Kier alpha value is -1.01. The normalized spacial score (nSPS) is 31.7. The van der Waals surface area contributed by atoms with Crippen molar-refractivity contribution >= 4 is 5.78 Å². The molecular formula is C13H23NO5. The Labute approximate surface area is 113 Å². The zero-order chi connectivity index (χ0) is 14.6. The standard InChI is InChI=1S/C13H23NO5/c1-8(2)10-5-12(15)9(3)11(6-19-7-18-4)13(10)14(16)17/h8-11,13H,5-7H2,1-4H3/t9-,10-,11+,13-/m1/s1. The molecule has 6 nitrogen and oxygen atoms in total. The van der Waals surface area contributed by atoms with Crippen LogP contribution in [0, 0.1) is 33.8 Å². The fourth-order valence-electron chi connectivity index (χ4n) is 2.84. The first-order valence-electron chi connectivity index (χ1n) is 6.63. The van der Waals surface area contributed by atoms with E-state index >= 15 is 0 Å². The molecule has 0 aromatic carbocycles. The molecule has 6 heteroatoms. The molecule has 0 saturated heterocycles. The molecule has 1 rings (SSSR count). The Morgan fingerprint density at radius 1 is 1.47 bits per heavy atom. The lowest BCUT2D eigenvalue weighted by Gasteiger charge is -2.37. The highest BCUT2D eigenvalue weighted by molar-refractivity contribution is 5.82. The minimum atomic E-state index is -0.718. The molecule has 0 aromatic heterocycles. The summed E-state index contributed by atoms with van der Waals surface area (Å²) in [6.07, 6.45) is 0.297. The number of nitrogens with zero attached hydrogens (tertiary/aromatic N) is 1. The predicted octanol–water partition coefficient (Wildman–Crippen LogP) is 1.75. The van der Waals surface area contributed by atoms with Crippen LogP contribution in [-0.2, 0) is 14.3 Å². The average Bonchev–Trinajstić information content (AvgIpc) is 2.33. The second-order valence-electron chi connectivity index (χ2n) is 5.58. The van der Waals surface area contributed by atoms with E-state index in [-0.39, 0.29) is 47.8 Å². The molecular weight excluding hydrogens is 250 g/mol. The summed E-state index contributed by atoms with van der Waals surface area (Å²) in [5.41, 5.74) is 0. The highest BCUT2D eigenvalue weighted by atomic mass is 16.7. The lowest BCUT2D eigenvalue weighted by Crippen LogP contribution is -2.50. The summed E-state index contributed by atoms with van der Waals surface area (Å²) in [6.45, 7) is 5.90. The summed E-state index contributed by atoms with van der Waals surface area (Å²) in [7, 11) is 1.50. The fourth-order valence-corrected chi connectivity index (χ4v) is 2.84. The number of ether oxygens (including phenoxy) is 2. The van der Waals surface area contributed by atoms with Crippen LogP contribution in [0.15, 0.2) is 0 Å². The van der Waals surface area contributed by atoms with Crippen LogP contribution in [0.3, 0.4) is 0 Å². The molecule has 0 unspecified atom stereocenters. The molecule has 0 aliphatic heterocycles. The van der Waals surface area contributed by atoms with Gasteiger partial charge in [0.25, 0.3) is 0 Å². The van der Waals surface area contributed by atoms with E-state index in [1.165, 1.54) is 7.11 Å². The third-order valence-electron chi connectivity index (χ3n) is 4.08. The van der Waals surface area contributed by atoms with Gasteiger partial charge in [-0.25, -0.2) is 0 Å². The maximum absolute atomic E-state index is 12.0. The number of hydrogen-bond acceptors (Lipinski definition) is 5. The number of methoxy groups -OCH3 is 1. The monoisotopic (exact) mass is 273 g/mol. The van der Waals surface area contributed by atoms with Crippen molar-refractivity contribution in [2.24, 2.45) is 23.7 Å². The Morgan fingerprint density at radius 3 is 2.58 bits per heavy atom. The minimum absolute atomic E-state index is 0.0915. The van der Waals surface area contributed by atoms with Crippen LogP contribution < -0.4 is 0 Å². The summed E-state index contributed by atoms with van der Waals surface area (Å²) < 4.78 is 10.1. The molecule has 0 aromatic rings. The Kier molecular flexibility index (Phi) is 5.87. The molecule has 0 radical (unpaired) electrons. The molecule has 0 bridgehead atoms. The second kappa shape index (κ2) is 6.96. The summed E-state index contributed by atoms with van der Waals surface area (Å²) in [6, 6.07) is -0.718. The van der Waals surface area contributed by atoms with Gasteiger partial charge in [0.2, 0.25) is 6.04 Å². The van der Waals surface area contributed by atoms with Crippen molar-refractivity contribution in [3.05, 3.63) is 10.1 Å². The van der Waals surface area contributed by atoms with Crippen molar-refractivity contribution in [3.8, 4) is 0 Å². The Morgan fingerprint density at radius 2 is 2.11 bits per heavy atom. The highest BCUT2D eigenvalue weighted by Gasteiger charge is 2.50. The Balaban J connectivity index is 2.90. The van der Waals surface area contributed by atoms with E-state index in [9.17, 15) is 14.9 Å². The van der Waals surface area contributed by atoms with E-state index < -0.39 is 6.04 Å². The van der Waals surface area contributed by atoms with Gasteiger partial charge in [-0.1, -0.05) is 20.8 Å². The van der Waals surface area contributed by atoms with Crippen molar-refractivity contribution in [2.75, 3.05) is 20.5 Å². The number of hydrogen-bond donors (Lipinski definition) is 0. The molecule has 1 aliphatic carbocycles. The largest absolute Gasteiger partial charge is 0.359 e. The number of nitro groups is 1. The van der Waals surface area contributed by atoms with Crippen LogP contribution in [0.4, 0.5) is 0 Å². The van der Waals surface area contributed by atoms with Gasteiger partial charge in [-0.2, -0.15) is 0 Å². The van der Waals surface area contributed by atoms with Gasteiger partial charge in [0.05, 0.1) is 12.5 Å². The number of Topliss-reactive ketones (excluding diaryl/α,β-unsaturated/α-hetero) is 1. The van der Waals surface area contributed by atoms with Crippen LogP contribution in [0.2, 0.25) is 0 Å². The molecule has 0 spiro atoms. The van der Waals surface area contributed by atoms with Crippen molar-refractivity contribution < 1.29 is 19.2 Å². The third-order valence-corrected chi connectivity index (χ3v) is 4.08. The van der Waals surface area contributed by atoms with Crippen LogP contribution in [0.25, 0.3) is 0 Å². The van der Waals surface area contributed by atoms with Gasteiger partial charge in [0.1, 0.15) is 12.6 Å². The van der Waals surface area contributed by atoms with Crippen molar-refractivity contribution in [1.82, 2.24) is 0 Å². The van der Waals surface area contributed by atoms with Crippen LogP contribution in [0.5, 0.6) is 0 Å². The zero-order valence-corrected chi connectivity index (χ0v) is 12.0. The first-order chi connectivity index (χ1) is 8.90. The zero-order valence-electron chi connectivity index (χ0n) is 12.0. The summed E-state index contributed by atoms with van der Waals surface area (Å²) >= 11 is 0. The van der Waals surface area contributed by atoms with Crippen LogP contribution in [0.1, 0.15) is 27.2 Å². The van der Waals surface area contributed by atoms with E-state index in [0.29, 0.717) is 6.42 Å². The van der Waals surface area contributed by atoms with Crippen LogP contribution >= 0.6 is 0 Å². The maximum atomic E-state index is 12.0. The molecule has 19 heavy (non-hydrogen) atoms. The van der Waals surface area contributed by atoms with Gasteiger partial charge in [0, 0.05) is 30.3 Å². The molecule has 4 atom stereocenters. The van der Waals surface area contributed by atoms with Gasteiger partial charge < -0.3 is 9.47 Å². The predicted molar refractivity (Wildman–Crippen MR) is 69.2 cm³/mol. The average molecular weight is 273 g/mol. The number of rotatable bonds is 6. The summed E-state index contributed by atoms with van der Waals surface area (Å²) in [5.74, 6) is -0.713. The summed E-state index contributed by atoms with van der Waals surface area (Å²) in [4.78, 5) is 23.1. The lowest BCUT2D eigenvalue weighted by molar-refractivity contribution is -0.548. The van der Waals surface area contributed by atoms with E-state index in [0.717, 1.165) is 0 Å². The number of ketones is 1. The van der Waals surface area contributed by atoms with Crippen molar-refractivity contribution in [2.45, 2.75) is 33.2 Å². The van der Waals surface area contributed by atoms with E-state index in [4.69, 9.17) is 9.47 Å². The van der Waals surface area contributed by atoms with Crippen molar-refractivity contribution in [3.63, 3.8) is 0 Å². The van der Waals surface area contributed by atoms with Gasteiger partial charge in [-0.15, -0.1) is 0 Å². The third kappa shape index (κ3) is 3.73.